The number of methoxy groups -OCH3 is 2. The van der Waals surface area contributed by atoms with Crippen molar-refractivity contribution >= 4 is 21.8 Å². The molecule has 1 N–H and O–H groups in total. The number of amides is 1. The van der Waals surface area contributed by atoms with E-state index in [2.05, 4.69) is 15.9 Å². The van der Waals surface area contributed by atoms with Gasteiger partial charge < -0.3 is 24.2 Å². The zero-order chi connectivity index (χ0) is 21.2. The second-order valence-electron chi connectivity index (χ2n) is 6.67. The summed E-state index contributed by atoms with van der Waals surface area (Å²) >= 11 is 3.33. The maximum absolute atomic E-state index is 12.7. The van der Waals surface area contributed by atoms with Crippen LogP contribution in [0, 0.1) is 0 Å². The van der Waals surface area contributed by atoms with Crippen molar-refractivity contribution in [2.45, 2.75) is 31.0 Å². The molecule has 1 unspecified atom stereocenters. The summed E-state index contributed by atoms with van der Waals surface area (Å²) in [6, 6.07) is 15.2. The zero-order valence-electron chi connectivity index (χ0n) is 17.0. The number of rotatable bonds is 11. The summed E-state index contributed by atoms with van der Waals surface area (Å²) in [6.07, 6.45) is -0.807. The molecule has 0 bridgehead atoms. The summed E-state index contributed by atoms with van der Waals surface area (Å²) in [6.45, 7) is 2.76. The molecule has 1 amide bonds. The minimum Gasteiger partial charge on any atom is -0.497 e. The van der Waals surface area contributed by atoms with Gasteiger partial charge in [0.25, 0.3) is 0 Å². The number of hydrogen-bond acceptors (Lipinski definition) is 5. The summed E-state index contributed by atoms with van der Waals surface area (Å²) < 4.78 is 16.3. The maximum atomic E-state index is 12.7. The number of nitrogens with zero attached hydrogens (tertiary/aromatic N) is 1. The van der Waals surface area contributed by atoms with Crippen molar-refractivity contribution in [1.29, 1.82) is 0 Å². The lowest BCUT2D eigenvalue weighted by molar-refractivity contribution is -0.133. The summed E-state index contributed by atoms with van der Waals surface area (Å²) in [5, 5.41) is 10.4. The number of halogens is 1. The van der Waals surface area contributed by atoms with E-state index in [1.54, 1.807) is 32.1 Å². The zero-order valence-corrected chi connectivity index (χ0v) is 18.6. The Labute approximate surface area is 180 Å². The Hall–Kier alpha value is -2.09. The van der Waals surface area contributed by atoms with Gasteiger partial charge >= 0.3 is 0 Å². The van der Waals surface area contributed by atoms with Crippen LogP contribution in [0.5, 0.6) is 11.5 Å². The normalized spacial score (nSPS) is 12.9. The summed E-state index contributed by atoms with van der Waals surface area (Å²) in [4.78, 5) is 13.9. The molecule has 2 aromatic rings. The molecule has 0 spiro atoms. The molecule has 0 heterocycles. The van der Waals surface area contributed by atoms with E-state index in [1.807, 2.05) is 42.5 Å². The van der Waals surface area contributed by atoms with Gasteiger partial charge in [-0.2, -0.15) is 0 Å². The highest BCUT2D eigenvalue weighted by Gasteiger charge is 2.23. The van der Waals surface area contributed by atoms with E-state index in [0.29, 0.717) is 24.7 Å². The van der Waals surface area contributed by atoms with Gasteiger partial charge in [0.05, 0.1) is 38.4 Å². The third kappa shape index (κ3) is 7.34. The SMILES string of the molecule is COc1ccc(CN(C[C@@H](O)COCc2ccccc2)C(=O)C(C)Br)c(OC)c1. The van der Waals surface area contributed by atoms with Crippen LogP contribution in [0.3, 0.4) is 0 Å². The second kappa shape index (κ2) is 11.8. The van der Waals surface area contributed by atoms with Crippen LogP contribution in [0.1, 0.15) is 18.1 Å². The highest BCUT2D eigenvalue weighted by atomic mass is 79.9. The van der Waals surface area contributed by atoms with Crippen molar-refractivity contribution in [3.8, 4) is 11.5 Å². The van der Waals surface area contributed by atoms with E-state index in [-0.39, 0.29) is 23.9 Å². The highest BCUT2D eigenvalue weighted by Crippen LogP contribution is 2.26. The van der Waals surface area contributed by atoms with Crippen LogP contribution in [-0.4, -0.2) is 54.2 Å². The molecule has 6 nitrogen and oxygen atoms in total. The van der Waals surface area contributed by atoms with Gasteiger partial charge in [-0.05, 0) is 24.6 Å². The number of benzene rings is 2. The average Bonchev–Trinajstić information content (AvgIpc) is 2.73. The first-order valence-electron chi connectivity index (χ1n) is 9.38. The van der Waals surface area contributed by atoms with Gasteiger partial charge in [0.15, 0.2) is 0 Å². The van der Waals surface area contributed by atoms with Crippen molar-refractivity contribution in [3.05, 3.63) is 59.7 Å². The largest absolute Gasteiger partial charge is 0.497 e. The van der Waals surface area contributed by atoms with E-state index in [4.69, 9.17) is 14.2 Å². The summed E-state index contributed by atoms with van der Waals surface area (Å²) in [5.41, 5.74) is 1.86. The fourth-order valence-corrected chi connectivity index (χ4v) is 3.16. The van der Waals surface area contributed by atoms with E-state index in [0.717, 1.165) is 11.1 Å². The lowest BCUT2D eigenvalue weighted by atomic mass is 10.1. The average molecular weight is 466 g/mol. The van der Waals surface area contributed by atoms with E-state index in [1.165, 1.54) is 0 Å². The standard InChI is InChI=1S/C22H28BrNO5/c1-16(23)22(26)24(12-18-9-10-20(27-2)11-21(18)28-3)13-19(25)15-29-14-17-7-5-4-6-8-17/h4-11,16,19,25H,12-15H2,1-3H3/t16?,19-/m1/s1. The molecular formula is C22H28BrNO5. The third-order valence-corrected chi connectivity index (χ3v) is 4.75. The van der Waals surface area contributed by atoms with E-state index >= 15 is 0 Å². The minimum absolute atomic E-state index is 0.120. The van der Waals surface area contributed by atoms with Crippen molar-refractivity contribution in [3.63, 3.8) is 0 Å². The molecule has 2 aromatic carbocycles. The molecule has 0 saturated carbocycles. The fraction of sp³-hybridized carbons (Fsp3) is 0.409. The number of alkyl halides is 1. The topological polar surface area (TPSA) is 68.2 Å². The number of aliphatic hydroxyl groups is 1. The van der Waals surface area contributed by atoms with Crippen LogP contribution in [0.2, 0.25) is 0 Å². The number of hydrogen-bond donors (Lipinski definition) is 1. The molecule has 0 radical (unpaired) electrons. The molecule has 0 aliphatic carbocycles. The van der Waals surface area contributed by atoms with Crippen LogP contribution >= 0.6 is 15.9 Å². The number of carbonyl (C=O) groups excluding carboxylic acids is 1. The van der Waals surface area contributed by atoms with Gasteiger partial charge in [-0.25, -0.2) is 0 Å². The number of carbonyl (C=O) groups is 1. The molecule has 0 saturated heterocycles. The minimum atomic E-state index is -0.807. The van der Waals surface area contributed by atoms with Crippen LogP contribution < -0.4 is 9.47 Å². The monoisotopic (exact) mass is 465 g/mol. The molecular weight excluding hydrogens is 438 g/mol. The Morgan fingerprint density at radius 1 is 1.14 bits per heavy atom. The quantitative estimate of drug-likeness (QED) is 0.515. The molecule has 0 aromatic heterocycles. The van der Waals surface area contributed by atoms with Crippen molar-refractivity contribution < 1.29 is 24.1 Å². The van der Waals surface area contributed by atoms with Gasteiger partial charge in [-0.1, -0.05) is 46.3 Å². The van der Waals surface area contributed by atoms with E-state index < -0.39 is 6.10 Å². The first-order chi connectivity index (χ1) is 13.9. The first kappa shape index (κ1) is 23.2. The summed E-state index contributed by atoms with van der Waals surface area (Å²) in [7, 11) is 3.16. The van der Waals surface area contributed by atoms with Gasteiger partial charge in [0.2, 0.25) is 5.91 Å². The van der Waals surface area contributed by atoms with Crippen LogP contribution in [0.4, 0.5) is 0 Å². The Kier molecular flexibility index (Phi) is 9.44. The Bertz CT molecular complexity index is 769. The molecule has 0 fully saturated rings. The lowest BCUT2D eigenvalue weighted by Crippen LogP contribution is -2.41. The molecule has 158 valence electrons. The predicted octanol–water partition coefficient (Wildman–Crippen LogP) is 3.39. The van der Waals surface area contributed by atoms with Crippen LogP contribution in [0.25, 0.3) is 0 Å². The van der Waals surface area contributed by atoms with Crippen LogP contribution in [-0.2, 0) is 22.7 Å². The molecule has 29 heavy (non-hydrogen) atoms. The van der Waals surface area contributed by atoms with E-state index in [9.17, 15) is 9.90 Å². The Balaban J connectivity index is 2.01. The molecule has 2 rings (SSSR count). The highest BCUT2D eigenvalue weighted by molar-refractivity contribution is 9.10. The van der Waals surface area contributed by atoms with Crippen LogP contribution in [0.15, 0.2) is 48.5 Å². The van der Waals surface area contributed by atoms with Gasteiger partial charge in [-0.15, -0.1) is 0 Å². The fourth-order valence-electron chi connectivity index (χ4n) is 2.87. The molecule has 2 atom stereocenters. The van der Waals surface area contributed by atoms with Crippen molar-refractivity contribution in [2.75, 3.05) is 27.4 Å². The van der Waals surface area contributed by atoms with Crippen molar-refractivity contribution in [1.82, 2.24) is 4.90 Å². The van der Waals surface area contributed by atoms with Gasteiger partial charge in [-0.3, -0.25) is 4.79 Å². The molecule has 0 aliphatic rings. The third-order valence-electron chi connectivity index (χ3n) is 4.36. The Morgan fingerprint density at radius 2 is 1.86 bits per heavy atom. The molecule has 7 heteroatoms. The predicted molar refractivity (Wildman–Crippen MR) is 115 cm³/mol. The second-order valence-corrected chi connectivity index (χ2v) is 8.04. The first-order valence-corrected chi connectivity index (χ1v) is 10.3. The van der Waals surface area contributed by atoms with Gasteiger partial charge in [0, 0.05) is 24.7 Å². The van der Waals surface area contributed by atoms with Gasteiger partial charge in [0.1, 0.15) is 11.5 Å². The van der Waals surface area contributed by atoms with Crippen molar-refractivity contribution in [2.24, 2.45) is 0 Å². The Morgan fingerprint density at radius 3 is 2.48 bits per heavy atom. The smallest absolute Gasteiger partial charge is 0.236 e. The number of aliphatic hydroxyl groups excluding tert-OH is 1. The maximum Gasteiger partial charge on any atom is 0.236 e. The number of ether oxygens (including phenoxy) is 3. The molecule has 0 aliphatic heterocycles. The lowest BCUT2D eigenvalue weighted by Gasteiger charge is -2.27. The summed E-state index contributed by atoms with van der Waals surface area (Å²) in [5.74, 6) is 1.18.